The van der Waals surface area contributed by atoms with E-state index in [1.54, 1.807) is 22.8 Å². The van der Waals surface area contributed by atoms with Crippen LogP contribution >= 0.6 is 11.8 Å². The van der Waals surface area contributed by atoms with Gasteiger partial charge in [0.1, 0.15) is 0 Å². The largest absolute Gasteiger partial charge is 0.351 e. The Hall–Kier alpha value is -3.13. The minimum atomic E-state index is -0.908. The van der Waals surface area contributed by atoms with Gasteiger partial charge in [0.15, 0.2) is 5.16 Å². The van der Waals surface area contributed by atoms with Gasteiger partial charge < -0.3 is 5.73 Å². The van der Waals surface area contributed by atoms with Crippen molar-refractivity contribution >= 4 is 34.6 Å². The van der Waals surface area contributed by atoms with Crippen molar-refractivity contribution in [2.45, 2.75) is 30.8 Å². The van der Waals surface area contributed by atoms with Crippen LogP contribution in [0.25, 0.3) is 10.9 Å². The number of fused-ring (bicyclic) bond motifs is 1. The van der Waals surface area contributed by atoms with Gasteiger partial charge in [-0.2, -0.15) is 0 Å². The Kier molecular flexibility index (Phi) is 6.33. The Morgan fingerprint density at radius 3 is 2.41 bits per heavy atom. The molecular weight excluding hydrogens is 388 g/mol. The first-order valence-electron chi connectivity index (χ1n) is 9.17. The van der Waals surface area contributed by atoms with Gasteiger partial charge in [0, 0.05) is 0 Å². The molecular formula is C21H22N4O3S. The minimum Gasteiger partial charge on any atom is -0.351 e. The fourth-order valence-corrected chi connectivity index (χ4v) is 4.03. The maximum absolute atomic E-state index is 13.2. The number of aromatic nitrogens is 2. The second-order valence-corrected chi connectivity index (χ2v) is 8.03. The number of amides is 3. The molecule has 0 saturated heterocycles. The van der Waals surface area contributed by atoms with Crippen LogP contribution in [0.15, 0.2) is 64.5 Å². The highest BCUT2D eigenvalue weighted by atomic mass is 32.2. The SMILES string of the molecule is CC(C)[C@H](Sc1nc2ccccc2c(=O)n1Cc1ccccc1)C(=O)NC(N)=O. The Bertz CT molecular complexity index is 1100. The summed E-state index contributed by atoms with van der Waals surface area (Å²) in [7, 11) is 0. The highest BCUT2D eigenvalue weighted by Crippen LogP contribution is 2.28. The lowest BCUT2D eigenvalue weighted by atomic mass is 10.1. The van der Waals surface area contributed by atoms with Crippen LogP contribution in [-0.4, -0.2) is 26.7 Å². The summed E-state index contributed by atoms with van der Waals surface area (Å²) >= 11 is 1.15. The second kappa shape index (κ2) is 8.91. The lowest BCUT2D eigenvalue weighted by Crippen LogP contribution is -2.42. The van der Waals surface area contributed by atoms with E-state index < -0.39 is 17.2 Å². The van der Waals surface area contributed by atoms with E-state index in [9.17, 15) is 14.4 Å². The molecule has 0 aliphatic carbocycles. The van der Waals surface area contributed by atoms with E-state index in [1.165, 1.54) is 0 Å². The van der Waals surface area contributed by atoms with Crippen molar-refractivity contribution in [1.29, 1.82) is 0 Å². The molecule has 1 atom stereocenters. The monoisotopic (exact) mass is 410 g/mol. The Labute approximate surface area is 172 Å². The molecule has 0 aliphatic heterocycles. The predicted molar refractivity (Wildman–Crippen MR) is 114 cm³/mol. The van der Waals surface area contributed by atoms with Crippen LogP contribution in [0.4, 0.5) is 4.79 Å². The molecule has 0 saturated carbocycles. The number of para-hydroxylation sites is 1. The third-order valence-corrected chi connectivity index (χ3v) is 5.89. The number of carbonyl (C=O) groups is 2. The lowest BCUT2D eigenvalue weighted by molar-refractivity contribution is -0.120. The number of carbonyl (C=O) groups excluding carboxylic acids is 2. The van der Waals surface area contributed by atoms with E-state index in [0.29, 0.717) is 22.6 Å². The fraction of sp³-hybridized carbons (Fsp3) is 0.238. The third kappa shape index (κ3) is 4.83. The molecule has 3 aromatic rings. The van der Waals surface area contributed by atoms with Crippen LogP contribution in [0.3, 0.4) is 0 Å². The Morgan fingerprint density at radius 1 is 1.10 bits per heavy atom. The number of benzene rings is 2. The lowest BCUT2D eigenvalue weighted by Gasteiger charge is -2.21. The van der Waals surface area contributed by atoms with Gasteiger partial charge in [-0.3, -0.25) is 19.5 Å². The first-order valence-corrected chi connectivity index (χ1v) is 10.0. The summed E-state index contributed by atoms with van der Waals surface area (Å²) < 4.78 is 1.56. The average molecular weight is 410 g/mol. The highest BCUT2D eigenvalue weighted by Gasteiger charge is 2.27. The number of primary amides is 1. The summed E-state index contributed by atoms with van der Waals surface area (Å²) in [5, 5.41) is 2.41. The minimum absolute atomic E-state index is 0.118. The molecule has 3 N–H and O–H groups in total. The number of rotatable bonds is 6. The van der Waals surface area contributed by atoms with Crippen molar-refractivity contribution in [2.75, 3.05) is 0 Å². The van der Waals surface area contributed by atoms with Crippen LogP contribution in [0.2, 0.25) is 0 Å². The van der Waals surface area contributed by atoms with E-state index in [-0.39, 0.29) is 11.5 Å². The van der Waals surface area contributed by atoms with Crippen LogP contribution in [0.1, 0.15) is 19.4 Å². The van der Waals surface area contributed by atoms with Gasteiger partial charge in [0.2, 0.25) is 5.91 Å². The van der Waals surface area contributed by atoms with Crippen molar-refractivity contribution < 1.29 is 9.59 Å². The van der Waals surface area contributed by atoms with Crippen LogP contribution < -0.4 is 16.6 Å². The zero-order valence-electron chi connectivity index (χ0n) is 16.2. The summed E-state index contributed by atoms with van der Waals surface area (Å²) in [6.07, 6.45) is 0. The Morgan fingerprint density at radius 2 is 1.76 bits per heavy atom. The summed E-state index contributed by atoms with van der Waals surface area (Å²) in [4.78, 5) is 41.4. The highest BCUT2D eigenvalue weighted by molar-refractivity contribution is 8.00. The van der Waals surface area contributed by atoms with Crippen molar-refractivity contribution in [3.05, 3.63) is 70.5 Å². The quantitative estimate of drug-likeness (QED) is 0.480. The third-order valence-electron chi connectivity index (χ3n) is 4.35. The molecule has 0 unspecified atom stereocenters. The number of hydrogen-bond acceptors (Lipinski definition) is 5. The number of nitrogens with two attached hydrogens (primary N) is 1. The van der Waals surface area contributed by atoms with Crippen molar-refractivity contribution in [2.24, 2.45) is 11.7 Å². The zero-order valence-corrected chi connectivity index (χ0v) is 17.0. The van der Waals surface area contributed by atoms with Crippen molar-refractivity contribution in [3.63, 3.8) is 0 Å². The second-order valence-electron chi connectivity index (χ2n) is 6.92. The van der Waals surface area contributed by atoms with Crippen molar-refractivity contribution in [1.82, 2.24) is 14.9 Å². The molecule has 29 heavy (non-hydrogen) atoms. The van der Waals surface area contributed by atoms with Crippen LogP contribution in [-0.2, 0) is 11.3 Å². The van der Waals surface area contributed by atoms with E-state index in [4.69, 9.17) is 5.73 Å². The molecule has 0 bridgehead atoms. The molecule has 2 aromatic carbocycles. The van der Waals surface area contributed by atoms with Gasteiger partial charge >= 0.3 is 6.03 Å². The molecule has 0 spiro atoms. The Balaban J connectivity index is 2.09. The average Bonchev–Trinajstić information content (AvgIpc) is 2.68. The number of hydrogen-bond donors (Lipinski definition) is 2. The molecule has 1 aromatic heterocycles. The normalized spacial score (nSPS) is 12.1. The van der Waals surface area contributed by atoms with Crippen LogP contribution in [0, 0.1) is 5.92 Å². The van der Waals surface area contributed by atoms with Crippen LogP contribution in [0.5, 0.6) is 0 Å². The maximum Gasteiger partial charge on any atom is 0.318 e. The number of thioether (sulfide) groups is 1. The van der Waals surface area contributed by atoms with Crippen molar-refractivity contribution in [3.8, 4) is 0 Å². The predicted octanol–water partition coefficient (Wildman–Crippen LogP) is 2.76. The van der Waals surface area contributed by atoms with E-state index in [2.05, 4.69) is 10.3 Å². The first-order chi connectivity index (χ1) is 13.9. The molecule has 8 heteroatoms. The summed E-state index contributed by atoms with van der Waals surface area (Å²) in [5.41, 5.74) is 6.42. The summed E-state index contributed by atoms with van der Waals surface area (Å²) in [6.45, 7) is 4.04. The maximum atomic E-state index is 13.2. The molecule has 150 valence electrons. The molecule has 3 amide bonds. The van der Waals surface area contributed by atoms with Gasteiger partial charge in [0.05, 0.1) is 22.7 Å². The van der Waals surface area contributed by atoms with E-state index >= 15 is 0 Å². The smallest absolute Gasteiger partial charge is 0.318 e. The zero-order chi connectivity index (χ0) is 21.0. The molecule has 0 fully saturated rings. The first kappa shape index (κ1) is 20.6. The number of nitrogens with zero attached hydrogens (tertiary/aromatic N) is 2. The molecule has 0 radical (unpaired) electrons. The summed E-state index contributed by atoms with van der Waals surface area (Å²) in [5.74, 6) is -0.626. The molecule has 3 rings (SSSR count). The summed E-state index contributed by atoms with van der Waals surface area (Å²) in [6, 6.07) is 15.8. The fourth-order valence-electron chi connectivity index (χ4n) is 2.94. The van der Waals surface area contributed by atoms with Gasteiger partial charge in [-0.1, -0.05) is 68.1 Å². The van der Waals surface area contributed by atoms with Gasteiger partial charge in [-0.25, -0.2) is 9.78 Å². The van der Waals surface area contributed by atoms with Gasteiger partial charge in [-0.05, 0) is 23.6 Å². The van der Waals surface area contributed by atoms with E-state index in [1.807, 2.05) is 50.2 Å². The molecule has 7 nitrogen and oxygen atoms in total. The molecule has 0 aliphatic rings. The number of imide groups is 1. The van der Waals surface area contributed by atoms with Gasteiger partial charge in [-0.15, -0.1) is 0 Å². The molecule has 1 heterocycles. The number of urea groups is 1. The standard InChI is InChI=1S/C21H22N4O3S/c1-13(2)17(18(26)24-20(22)28)29-21-23-16-11-7-6-10-15(16)19(27)25(21)12-14-8-4-3-5-9-14/h3-11,13,17H,12H2,1-2H3,(H3,22,24,26,28)/t17-/m0/s1. The topological polar surface area (TPSA) is 107 Å². The number of nitrogens with one attached hydrogen (secondary N) is 1. The van der Waals surface area contributed by atoms with E-state index in [0.717, 1.165) is 17.3 Å². The van der Waals surface area contributed by atoms with Gasteiger partial charge in [0.25, 0.3) is 5.56 Å².